The summed E-state index contributed by atoms with van der Waals surface area (Å²) in [6, 6.07) is 38.5. The van der Waals surface area contributed by atoms with E-state index in [1.54, 1.807) is 0 Å². The molecule has 0 unspecified atom stereocenters. The molecule has 0 spiro atoms. The highest BCUT2D eigenvalue weighted by atomic mass is 16.3. The second-order valence-corrected chi connectivity index (χ2v) is 12.3. The molecule has 0 aliphatic heterocycles. The highest BCUT2D eigenvalue weighted by Crippen LogP contribution is 2.38. The van der Waals surface area contributed by atoms with Gasteiger partial charge in [0.25, 0.3) is 0 Å². The molecule has 6 nitrogen and oxygen atoms in total. The Hall–Kier alpha value is -6.27. The van der Waals surface area contributed by atoms with E-state index in [-0.39, 0.29) is 0 Å². The number of benzene rings is 5. The minimum Gasteiger partial charge on any atom is -0.456 e. The third-order valence-electron chi connectivity index (χ3n) is 9.84. The summed E-state index contributed by atoms with van der Waals surface area (Å²) in [6.45, 7) is 8.50. The summed E-state index contributed by atoms with van der Waals surface area (Å²) >= 11 is 0. The van der Waals surface area contributed by atoms with Crippen molar-refractivity contribution in [3.05, 3.63) is 139 Å². The minimum atomic E-state index is 0.857. The van der Waals surface area contributed by atoms with Crippen LogP contribution in [0.5, 0.6) is 0 Å². The number of aryl methyl sites for hydroxylation is 1. The van der Waals surface area contributed by atoms with Gasteiger partial charge >= 0.3 is 0 Å². The lowest BCUT2D eigenvalue weighted by Crippen LogP contribution is -1.97. The van der Waals surface area contributed by atoms with E-state index >= 15 is 0 Å². The third-order valence-corrected chi connectivity index (χ3v) is 9.84. The van der Waals surface area contributed by atoms with Crippen LogP contribution in [0.1, 0.15) is 30.7 Å². The number of rotatable bonds is 5. The van der Waals surface area contributed by atoms with Gasteiger partial charge in [-0.2, -0.15) is 0 Å². The molecule has 48 heavy (non-hydrogen) atoms. The molecule has 0 atom stereocenters. The van der Waals surface area contributed by atoms with Gasteiger partial charge in [0.2, 0.25) is 5.78 Å². The highest BCUT2D eigenvalue weighted by molar-refractivity contribution is 6.07. The van der Waals surface area contributed by atoms with Gasteiger partial charge in [-0.3, -0.25) is 17.9 Å². The number of allylic oxidation sites excluding steroid dienone is 1. The molecular weight excluding hydrogens is 590 g/mol. The summed E-state index contributed by atoms with van der Waals surface area (Å²) in [7, 11) is 0. The number of hydrogen-bond donors (Lipinski definition) is 0. The SMILES string of the molecule is C=Cc1c(CC)c2n(-c3ccc4oc5ccc(-n6c7ccccc7n7c8ccccc8nc67)cc5c4c3)c3ccccc3n2c1C=CC. The molecule has 0 radical (unpaired) electrons. The number of aromatic nitrogens is 5. The monoisotopic (exact) mass is 621 g/mol. The summed E-state index contributed by atoms with van der Waals surface area (Å²) in [5.41, 5.74) is 15.3. The number of para-hydroxylation sites is 6. The van der Waals surface area contributed by atoms with Gasteiger partial charge in [-0.15, -0.1) is 0 Å². The first-order valence-corrected chi connectivity index (χ1v) is 16.5. The van der Waals surface area contributed by atoms with Crippen LogP contribution in [0.25, 0.3) is 90.0 Å². The van der Waals surface area contributed by atoms with E-state index in [4.69, 9.17) is 9.40 Å². The molecule has 10 aromatic rings. The third kappa shape index (κ3) is 3.43. The average molecular weight is 622 g/mol. The summed E-state index contributed by atoms with van der Waals surface area (Å²) in [5.74, 6) is 0.890. The van der Waals surface area contributed by atoms with Crippen LogP contribution < -0.4 is 0 Å². The average Bonchev–Trinajstić information content (AvgIpc) is 3.91. The zero-order valence-corrected chi connectivity index (χ0v) is 26.7. The zero-order chi connectivity index (χ0) is 32.1. The van der Waals surface area contributed by atoms with Crippen molar-refractivity contribution in [2.75, 3.05) is 0 Å². The van der Waals surface area contributed by atoms with E-state index in [1.807, 2.05) is 12.1 Å². The van der Waals surface area contributed by atoms with Crippen molar-refractivity contribution >= 4 is 78.6 Å². The fourth-order valence-electron chi connectivity index (χ4n) is 7.88. The van der Waals surface area contributed by atoms with E-state index in [9.17, 15) is 0 Å². The van der Waals surface area contributed by atoms with E-state index in [2.05, 4.69) is 154 Å². The molecule has 0 bridgehead atoms. The second-order valence-electron chi connectivity index (χ2n) is 12.3. The topological polar surface area (TPSA) is 44.7 Å². The molecule has 0 aliphatic carbocycles. The smallest absolute Gasteiger partial charge is 0.220 e. The maximum atomic E-state index is 6.45. The normalized spacial score (nSPS) is 12.5. The van der Waals surface area contributed by atoms with Gasteiger partial charge in [0.1, 0.15) is 16.8 Å². The van der Waals surface area contributed by atoms with E-state index in [0.29, 0.717) is 0 Å². The Labute approximate surface area is 275 Å². The van der Waals surface area contributed by atoms with Crippen LogP contribution in [-0.4, -0.2) is 22.9 Å². The number of fused-ring (bicyclic) bond motifs is 11. The number of furan rings is 1. The Morgan fingerprint density at radius 2 is 1.27 bits per heavy atom. The zero-order valence-electron chi connectivity index (χ0n) is 26.7. The lowest BCUT2D eigenvalue weighted by Gasteiger charge is -2.09. The Balaban J connectivity index is 1.25. The summed E-state index contributed by atoms with van der Waals surface area (Å²) < 4.78 is 15.7. The predicted molar refractivity (Wildman–Crippen MR) is 199 cm³/mol. The fourth-order valence-corrected chi connectivity index (χ4v) is 7.88. The van der Waals surface area contributed by atoms with Gasteiger partial charge in [0, 0.05) is 27.6 Å². The first kappa shape index (κ1) is 26.9. The highest BCUT2D eigenvalue weighted by Gasteiger charge is 2.23. The largest absolute Gasteiger partial charge is 0.456 e. The molecule has 0 aliphatic rings. The first-order chi connectivity index (χ1) is 23.7. The van der Waals surface area contributed by atoms with Crippen LogP contribution >= 0.6 is 0 Å². The van der Waals surface area contributed by atoms with Gasteiger partial charge in [-0.05, 0) is 92.2 Å². The fraction of sp³-hybridized carbons (Fsp3) is 0.0714. The van der Waals surface area contributed by atoms with Crippen LogP contribution in [0.4, 0.5) is 0 Å². The molecule has 0 N–H and O–H groups in total. The van der Waals surface area contributed by atoms with Gasteiger partial charge < -0.3 is 4.42 Å². The lowest BCUT2D eigenvalue weighted by atomic mass is 10.1. The number of hydrogen-bond acceptors (Lipinski definition) is 2. The Morgan fingerprint density at radius 3 is 1.92 bits per heavy atom. The molecule has 0 saturated carbocycles. The maximum absolute atomic E-state index is 6.45. The summed E-state index contributed by atoms with van der Waals surface area (Å²) in [4.78, 5) is 5.10. The molecule has 5 aromatic heterocycles. The van der Waals surface area contributed by atoms with Crippen molar-refractivity contribution in [3.8, 4) is 11.4 Å². The summed E-state index contributed by atoms with van der Waals surface area (Å²) in [5, 5.41) is 2.14. The van der Waals surface area contributed by atoms with E-state index in [1.165, 1.54) is 22.3 Å². The van der Waals surface area contributed by atoms with Gasteiger partial charge in [-0.1, -0.05) is 62.1 Å². The first-order valence-electron chi connectivity index (χ1n) is 16.5. The van der Waals surface area contributed by atoms with Crippen molar-refractivity contribution in [3.63, 3.8) is 0 Å². The van der Waals surface area contributed by atoms with E-state index < -0.39 is 0 Å². The molecule has 5 aromatic carbocycles. The Bertz CT molecular complexity index is 2970. The molecule has 0 amide bonds. The van der Waals surface area contributed by atoms with Gasteiger partial charge in [0.15, 0.2) is 0 Å². The van der Waals surface area contributed by atoms with Crippen molar-refractivity contribution in [2.45, 2.75) is 20.3 Å². The number of nitrogens with zero attached hydrogens (tertiary/aromatic N) is 5. The van der Waals surface area contributed by atoms with Crippen molar-refractivity contribution < 1.29 is 4.42 Å². The second kappa shape index (κ2) is 9.86. The van der Waals surface area contributed by atoms with Gasteiger partial charge in [0.05, 0.1) is 44.5 Å². The molecule has 0 fully saturated rings. The van der Waals surface area contributed by atoms with Crippen LogP contribution in [0, 0.1) is 0 Å². The molecule has 10 rings (SSSR count). The summed E-state index contributed by atoms with van der Waals surface area (Å²) in [6.07, 6.45) is 7.19. The van der Waals surface area contributed by atoms with E-state index in [0.717, 1.165) is 78.8 Å². The molecule has 5 heterocycles. The van der Waals surface area contributed by atoms with Crippen LogP contribution in [0.3, 0.4) is 0 Å². The lowest BCUT2D eigenvalue weighted by molar-refractivity contribution is 0.669. The molecule has 6 heteroatoms. The predicted octanol–water partition coefficient (Wildman–Crippen LogP) is 10.8. The van der Waals surface area contributed by atoms with Gasteiger partial charge in [-0.25, -0.2) is 4.98 Å². The van der Waals surface area contributed by atoms with Crippen molar-refractivity contribution in [2.24, 2.45) is 0 Å². The molecule has 230 valence electrons. The molecule has 0 saturated heterocycles. The van der Waals surface area contributed by atoms with Crippen LogP contribution in [0.15, 0.2) is 126 Å². The van der Waals surface area contributed by atoms with Crippen LogP contribution in [-0.2, 0) is 6.42 Å². The standard InChI is InChI=1S/C42H31N5O/c1-4-13-33-28(5-2)29(6-3)41-44(35-16-9-11-18-37(35)46(33)41)26-20-22-39-30(24-26)31-25-27(21-23-40(31)48-39)45-36-17-10-12-19-38(36)47-34-15-8-7-14-32(34)43-42(45)47/h4-5,7-25H,2,6H2,1,3H3. The minimum absolute atomic E-state index is 0.857. The molecular formula is C42H31N5O. The van der Waals surface area contributed by atoms with Crippen LogP contribution in [0.2, 0.25) is 0 Å². The van der Waals surface area contributed by atoms with Crippen molar-refractivity contribution in [1.29, 1.82) is 0 Å². The number of imidazole rings is 3. The Kier molecular flexibility index (Phi) is 5.53. The van der Waals surface area contributed by atoms with Crippen molar-refractivity contribution in [1.82, 2.24) is 22.9 Å². The maximum Gasteiger partial charge on any atom is 0.220 e. The Morgan fingerprint density at radius 1 is 0.688 bits per heavy atom. The quantitative estimate of drug-likeness (QED) is 0.192.